The van der Waals surface area contributed by atoms with Crippen LogP contribution < -0.4 is 10.1 Å². The number of benzene rings is 2. The van der Waals surface area contributed by atoms with Crippen molar-refractivity contribution < 1.29 is 19.1 Å². The van der Waals surface area contributed by atoms with E-state index < -0.39 is 11.8 Å². The van der Waals surface area contributed by atoms with Crippen molar-refractivity contribution in [3.8, 4) is 17.0 Å². The van der Waals surface area contributed by atoms with Crippen molar-refractivity contribution >= 4 is 50.1 Å². The third-order valence-corrected chi connectivity index (χ3v) is 5.90. The van der Waals surface area contributed by atoms with Crippen molar-refractivity contribution in [2.24, 2.45) is 0 Å². The van der Waals surface area contributed by atoms with Crippen molar-refractivity contribution in [2.45, 2.75) is 0 Å². The van der Waals surface area contributed by atoms with Gasteiger partial charge in [0.05, 0.1) is 28.4 Å². The normalized spacial score (nSPS) is 12.9. The van der Waals surface area contributed by atoms with E-state index >= 15 is 0 Å². The van der Waals surface area contributed by atoms with Gasteiger partial charge in [0, 0.05) is 23.6 Å². The van der Waals surface area contributed by atoms with Gasteiger partial charge in [0.25, 0.3) is 17.7 Å². The summed E-state index contributed by atoms with van der Waals surface area (Å²) < 4.78 is 6.03. The van der Waals surface area contributed by atoms with Gasteiger partial charge in [-0.1, -0.05) is 0 Å². The van der Waals surface area contributed by atoms with Crippen LogP contribution in [0.4, 0.5) is 5.13 Å². The molecular formula is C20H14BrN3O4S. The number of carbonyl (C=O) groups is 3. The predicted octanol–water partition coefficient (Wildman–Crippen LogP) is 4.06. The fraction of sp³-hybridized carbons (Fsp3) is 0.100. The summed E-state index contributed by atoms with van der Waals surface area (Å²) in [5.41, 5.74) is 2.40. The third-order valence-electron chi connectivity index (χ3n) is 4.52. The molecule has 0 radical (unpaired) electrons. The monoisotopic (exact) mass is 471 g/mol. The molecule has 0 bridgehead atoms. The minimum atomic E-state index is -0.415. The number of aromatic nitrogens is 1. The SMILES string of the molecule is COc1ccc(-c2csc(NC(=O)c3ccc4c(c3)C(=O)N(C)C4=O)n2)cc1Br. The van der Waals surface area contributed by atoms with Gasteiger partial charge in [-0.15, -0.1) is 11.3 Å². The second-order valence-electron chi connectivity index (χ2n) is 6.27. The summed E-state index contributed by atoms with van der Waals surface area (Å²) in [4.78, 5) is 42.2. The van der Waals surface area contributed by atoms with Gasteiger partial charge in [0.15, 0.2) is 5.13 Å². The number of ether oxygens (including phenoxy) is 1. The lowest BCUT2D eigenvalue weighted by molar-refractivity contribution is 0.0693. The molecule has 2 heterocycles. The lowest BCUT2D eigenvalue weighted by atomic mass is 10.1. The molecule has 0 atom stereocenters. The van der Waals surface area contributed by atoms with Gasteiger partial charge in [-0.3, -0.25) is 24.6 Å². The number of amides is 3. The number of halogens is 1. The number of carbonyl (C=O) groups excluding carboxylic acids is 3. The van der Waals surface area contributed by atoms with Crippen LogP contribution in [0.5, 0.6) is 5.75 Å². The molecule has 0 saturated heterocycles. The summed E-state index contributed by atoms with van der Waals surface area (Å²) in [5, 5.41) is 5.00. The van der Waals surface area contributed by atoms with Gasteiger partial charge in [-0.05, 0) is 52.3 Å². The number of rotatable bonds is 4. The number of hydrogen-bond acceptors (Lipinski definition) is 6. The third kappa shape index (κ3) is 3.43. The summed E-state index contributed by atoms with van der Waals surface area (Å²) in [6.07, 6.45) is 0. The number of imide groups is 1. The lowest BCUT2D eigenvalue weighted by Crippen LogP contribution is -2.24. The number of nitrogens with zero attached hydrogens (tertiary/aromatic N) is 2. The van der Waals surface area contributed by atoms with E-state index in [1.165, 1.54) is 36.6 Å². The Kier molecular flexibility index (Phi) is 4.93. The molecule has 0 spiro atoms. The average molecular weight is 472 g/mol. The number of fused-ring (bicyclic) bond motifs is 1. The van der Waals surface area contributed by atoms with Crippen LogP contribution in [0.15, 0.2) is 46.3 Å². The first-order valence-electron chi connectivity index (χ1n) is 8.46. The Morgan fingerprint density at radius 2 is 1.90 bits per heavy atom. The van der Waals surface area contributed by atoms with Gasteiger partial charge < -0.3 is 4.74 Å². The first kappa shape index (κ1) is 19.3. The van der Waals surface area contributed by atoms with E-state index in [4.69, 9.17) is 4.74 Å². The molecule has 3 amide bonds. The van der Waals surface area contributed by atoms with E-state index in [0.717, 1.165) is 14.9 Å². The lowest BCUT2D eigenvalue weighted by Gasteiger charge is -2.05. The van der Waals surface area contributed by atoms with Crippen molar-refractivity contribution in [1.82, 2.24) is 9.88 Å². The van der Waals surface area contributed by atoms with Crippen LogP contribution >= 0.6 is 27.3 Å². The Morgan fingerprint density at radius 1 is 1.14 bits per heavy atom. The van der Waals surface area contributed by atoms with Crippen LogP contribution in [0.1, 0.15) is 31.1 Å². The summed E-state index contributed by atoms with van der Waals surface area (Å²) in [7, 11) is 3.01. The zero-order valence-electron chi connectivity index (χ0n) is 15.4. The number of methoxy groups -OCH3 is 1. The molecule has 4 rings (SSSR count). The van der Waals surface area contributed by atoms with E-state index in [1.54, 1.807) is 7.11 Å². The molecule has 1 N–H and O–H groups in total. The smallest absolute Gasteiger partial charge is 0.261 e. The molecule has 1 aliphatic heterocycles. The van der Waals surface area contributed by atoms with Gasteiger partial charge in [-0.2, -0.15) is 0 Å². The predicted molar refractivity (Wildman–Crippen MR) is 113 cm³/mol. The molecule has 7 nitrogen and oxygen atoms in total. The molecular weight excluding hydrogens is 458 g/mol. The zero-order valence-corrected chi connectivity index (χ0v) is 17.8. The first-order chi connectivity index (χ1) is 13.9. The fourth-order valence-corrected chi connectivity index (χ4v) is 4.22. The maximum atomic E-state index is 12.6. The number of nitrogens with one attached hydrogen (secondary N) is 1. The van der Waals surface area contributed by atoms with Crippen molar-refractivity contribution in [1.29, 1.82) is 0 Å². The van der Waals surface area contributed by atoms with Crippen LogP contribution in [0, 0.1) is 0 Å². The highest BCUT2D eigenvalue weighted by molar-refractivity contribution is 9.10. The highest BCUT2D eigenvalue weighted by Crippen LogP contribution is 2.32. The first-order valence-corrected chi connectivity index (χ1v) is 10.1. The Hall–Kier alpha value is -3.04. The molecule has 1 aromatic heterocycles. The van der Waals surface area contributed by atoms with Crippen LogP contribution in [0.3, 0.4) is 0 Å². The number of hydrogen-bond donors (Lipinski definition) is 1. The highest BCUT2D eigenvalue weighted by atomic mass is 79.9. The van der Waals surface area contributed by atoms with E-state index in [9.17, 15) is 14.4 Å². The second kappa shape index (κ2) is 7.41. The molecule has 146 valence electrons. The van der Waals surface area contributed by atoms with Crippen LogP contribution in [0.2, 0.25) is 0 Å². The van der Waals surface area contributed by atoms with Gasteiger partial charge >= 0.3 is 0 Å². The molecule has 0 aliphatic carbocycles. The Balaban J connectivity index is 1.54. The van der Waals surface area contributed by atoms with E-state index in [2.05, 4.69) is 26.2 Å². The summed E-state index contributed by atoms with van der Waals surface area (Å²) in [5.74, 6) is -0.472. The van der Waals surface area contributed by atoms with Crippen molar-refractivity contribution in [2.75, 3.05) is 19.5 Å². The molecule has 0 unspecified atom stereocenters. The standard InChI is InChI=1S/C20H14BrN3O4S/c1-24-18(26)12-5-3-11(7-13(12)19(24)27)17(25)23-20-22-15(9-29-20)10-4-6-16(28-2)14(21)8-10/h3-9H,1-2H3,(H,22,23,25). The maximum absolute atomic E-state index is 12.6. The quantitative estimate of drug-likeness (QED) is 0.579. The van der Waals surface area contributed by atoms with Crippen LogP contribution in [-0.4, -0.2) is 41.8 Å². The largest absolute Gasteiger partial charge is 0.496 e. The molecule has 2 aromatic carbocycles. The fourth-order valence-electron chi connectivity index (χ4n) is 2.96. The minimum absolute atomic E-state index is 0.230. The number of thiazole rings is 1. The maximum Gasteiger partial charge on any atom is 0.261 e. The van der Waals surface area contributed by atoms with E-state index in [-0.39, 0.29) is 17.0 Å². The average Bonchev–Trinajstić information content (AvgIpc) is 3.27. The highest BCUT2D eigenvalue weighted by Gasteiger charge is 2.33. The van der Waals surface area contributed by atoms with E-state index in [1.807, 2.05) is 23.6 Å². The number of anilines is 1. The summed E-state index contributed by atoms with van der Waals surface area (Å²) >= 11 is 4.74. The second-order valence-corrected chi connectivity index (χ2v) is 7.98. The molecule has 1 aliphatic rings. The summed E-state index contributed by atoms with van der Waals surface area (Å²) in [6.45, 7) is 0. The topological polar surface area (TPSA) is 88.6 Å². The van der Waals surface area contributed by atoms with Crippen molar-refractivity contribution in [3.63, 3.8) is 0 Å². The van der Waals surface area contributed by atoms with Crippen molar-refractivity contribution in [3.05, 3.63) is 62.9 Å². The zero-order chi connectivity index (χ0) is 20.7. The van der Waals surface area contributed by atoms with Gasteiger partial charge in [-0.25, -0.2) is 4.98 Å². The molecule has 0 saturated carbocycles. The molecule has 0 fully saturated rings. The van der Waals surface area contributed by atoms with E-state index in [0.29, 0.717) is 22.1 Å². The molecule has 3 aromatic rings. The van der Waals surface area contributed by atoms with Crippen LogP contribution in [-0.2, 0) is 0 Å². The summed E-state index contributed by atoms with van der Waals surface area (Å²) in [6, 6.07) is 10.0. The van der Waals surface area contributed by atoms with Gasteiger partial charge in [0.2, 0.25) is 0 Å². The Morgan fingerprint density at radius 3 is 2.62 bits per heavy atom. The minimum Gasteiger partial charge on any atom is -0.496 e. The van der Waals surface area contributed by atoms with Crippen LogP contribution in [0.25, 0.3) is 11.3 Å². The Bertz CT molecular complexity index is 1170. The van der Waals surface area contributed by atoms with Gasteiger partial charge in [0.1, 0.15) is 5.75 Å². The Labute approximate surface area is 178 Å². The molecule has 29 heavy (non-hydrogen) atoms. The molecule has 9 heteroatoms.